The molecular weight excluding hydrogens is 594 g/mol. The van der Waals surface area contributed by atoms with E-state index in [9.17, 15) is 19.5 Å². The van der Waals surface area contributed by atoms with E-state index in [0.717, 1.165) is 64.2 Å². The van der Waals surface area contributed by atoms with Crippen molar-refractivity contribution in [1.29, 1.82) is 0 Å². The average molecular weight is 652 g/mol. The molecule has 5 aliphatic rings. The van der Waals surface area contributed by atoms with E-state index in [1.54, 1.807) is 11.8 Å². The lowest BCUT2D eigenvalue weighted by Gasteiger charge is -2.71. The summed E-state index contributed by atoms with van der Waals surface area (Å²) in [5.74, 6) is -0.0694. The fourth-order valence-corrected chi connectivity index (χ4v) is 12.1. The Hall–Kier alpha value is -2.71. The molecule has 9 heteroatoms. The van der Waals surface area contributed by atoms with Crippen LogP contribution in [0.25, 0.3) is 0 Å². The van der Waals surface area contributed by atoms with Crippen molar-refractivity contribution in [3.63, 3.8) is 0 Å². The molecule has 0 aliphatic heterocycles. The Kier molecular flexibility index (Phi) is 8.31. The van der Waals surface area contributed by atoms with E-state index < -0.39 is 11.9 Å². The molecule has 9 nitrogen and oxygen atoms in total. The summed E-state index contributed by atoms with van der Waals surface area (Å²) in [6, 6.07) is 0. The van der Waals surface area contributed by atoms with Gasteiger partial charge >= 0.3 is 17.9 Å². The van der Waals surface area contributed by atoms with Crippen LogP contribution in [0.3, 0.4) is 0 Å². The fourth-order valence-electron chi connectivity index (χ4n) is 12.1. The molecule has 0 amide bonds. The summed E-state index contributed by atoms with van der Waals surface area (Å²) in [6.07, 6.45) is 14.8. The summed E-state index contributed by atoms with van der Waals surface area (Å²) in [4.78, 5) is 36.5. The molecule has 1 N–H and O–H groups in total. The zero-order valence-corrected chi connectivity index (χ0v) is 30.0. The minimum Gasteiger partial charge on any atom is -0.481 e. The molecule has 0 bridgehead atoms. The van der Waals surface area contributed by atoms with E-state index in [0.29, 0.717) is 29.9 Å². The van der Waals surface area contributed by atoms with Crippen molar-refractivity contribution in [3.05, 3.63) is 23.5 Å². The van der Waals surface area contributed by atoms with E-state index in [4.69, 9.17) is 9.47 Å². The summed E-state index contributed by atoms with van der Waals surface area (Å²) < 4.78 is 12.7. The first-order valence-corrected chi connectivity index (χ1v) is 18.0. The van der Waals surface area contributed by atoms with Crippen LogP contribution in [0.4, 0.5) is 0 Å². The SMILES string of the molecule is CC(=O)OCc1cn(CC(=O)O[C@H]2CC[C@@]3(C)C(CC[C@]4(C)[C@@H]3CC=C3[C@H]5CC(C)(C)CC[C@]5(CC(=O)O)CC[C@]34C)C2(C)C)nn1. The highest BCUT2D eigenvalue weighted by Crippen LogP contribution is 2.76. The van der Waals surface area contributed by atoms with E-state index in [2.05, 4.69) is 64.9 Å². The van der Waals surface area contributed by atoms with Crippen molar-refractivity contribution in [2.45, 2.75) is 145 Å². The molecule has 0 spiro atoms. The molecule has 4 saturated carbocycles. The Morgan fingerprint density at radius 2 is 1.68 bits per heavy atom. The normalized spacial score (nSPS) is 40.0. The smallest absolute Gasteiger partial charge is 0.328 e. The second-order valence-electron chi connectivity index (χ2n) is 18.2. The second-order valence-corrected chi connectivity index (χ2v) is 18.2. The lowest BCUT2D eigenvalue weighted by atomic mass is 9.33. The molecule has 1 unspecified atom stereocenters. The highest BCUT2D eigenvalue weighted by atomic mass is 16.5. The lowest BCUT2D eigenvalue weighted by molar-refractivity contribution is -0.213. The third kappa shape index (κ3) is 5.55. The van der Waals surface area contributed by atoms with Crippen molar-refractivity contribution in [2.24, 2.45) is 50.2 Å². The lowest BCUT2D eigenvalue weighted by Crippen LogP contribution is -2.65. The molecule has 0 radical (unpaired) electrons. The topological polar surface area (TPSA) is 121 Å². The standard InChI is InChI=1S/C38H57N3O6/c1-24(42)46-23-25-21-41(40-39-25)22-32(45)47-30-12-13-35(6)28(34(30,4)5)11-14-37(8)29(35)10-9-26-27-19-33(2,3)15-17-38(27,20-31(43)44)18-16-36(26,37)7/h9,21,27-30H,10-20,22-23H2,1-8H3,(H,43,44)/t27-,28?,29-,30+,35+,36-,37-,38-/m1/s1. The number of allylic oxidation sites excluding steroid dienone is 2. The molecule has 4 fully saturated rings. The number of carbonyl (C=O) groups is 3. The van der Waals surface area contributed by atoms with Gasteiger partial charge in [-0.1, -0.05) is 65.3 Å². The van der Waals surface area contributed by atoms with Gasteiger partial charge in [0, 0.05) is 12.3 Å². The summed E-state index contributed by atoms with van der Waals surface area (Å²) >= 11 is 0. The Morgan fingerprint density at radius 1 is 0.957 bits per heavy atom. The quantitative estimate of drug-likeness (QED) is 0.237. The molecule has 1 heterocycles. The van der Waals surface area contributed by atoms with Crippen molar-refractivity contribution >= 4 is 17.9 Å². The molecule has 260 valence electrons. The largest absolute Gasteiger partial charge is 0.481 e. The maximum absolute atomic E-state index is 13.2. The summed E-state index contributed by atoms with van der Waals surface area (Å²) in [5.41, 5.74) is 2.31. The number of esters is 2. The summed E-state index contributed by atoms with van der Waals surface area (Å²) in [6.45, 7) is 18.4. The van der Waals surface area contributed by atoms with Gasteiger partial charge in [0.2, 0.25) is 0 Å². The Bertz CT molecular complexity index is 1460. The first-order valence-electron chi connectivity index (χ1n) is 18.0. The predicted octanol–water partition coefficient (Wildman–Crippen LogP) is 7.53. The highest BCUT2D eigenvalue weighted by Gasteiger charge is 2.68. The van der Waals surface area contributed by atoms with Crippen molar-refractivity contribution < 1.29 is 29.0 Å². The Labute approximate surface area is 280 Å². The van der Waals surface area contributed by atoms with E-state index in [1.165, 1.54) is 11.6 Å². The number of aromatic nitrogens is 3. The van der Waals surface area contributed by atoms with E-state index in [1.807, 2.05) is 0 Å². The predicted molar refractivity (Wildman–Crippen MR) is 177 cm³/mol. The molecule has 8 atom stereocenters. The molecule has 1 aromatic heterocycles. The number of nitrogens with zero attached hydrogens (tertiary/aromatic N) is 3. The molecule has 0 aromatic carbocycles. The number of hydrogen-bond acceptors (Lipinski definition) is 7. The number of rotatable bonds is 7. The van der Waals surface area contributed by atoms with Crippen molar-refractivity contribution in [2.75, 3.05) is 0 Å². The van der Waals surface area contributed by atoms with Gasteiger partial charge in [-0.2, -0.15) is 0 Å². The zero-order chi connectivity index (χ0) is 34.2. The van der Waals surface area contributed by atoms with Crippen LogP contribution in [0.5, 0.6) is 0 Å². The van der Waals surface area contributed by atoms with Gasteiger partial charge in [-0.15, -0.1) is 5.10 Å². The first kappa shape index (κ1) is 34.2. The number of aliphatic carboxylic acids is 1. The van der Waals surface area contributed by atoms with Crippen LogP contribution in [0.2, 0.25) is 0 Å². The number of fused-ring (bicyclic) bond motifs is 7. The number of carbonyl (C=O) groups excluding carboxylic acids is 2. The van der Waals surface area contributed by atoms with Gasteiger partial charge < -0.3 is 14.6 Å². The maximum Gasteiger partial charge on any atom is 0.328 e. The van der Waals surface area contributed by atoms with Crippen molar-refractivity contribution in [1.82, 2.24) is 15.0 Å². The molecule has 5 aliphatic carbocycles. The molecular formula is C38H57N3O6. The monoisotopic (exact) mass is 651 g/mol. The van der Waals surface area contributed by atoms with Crippen LogP contribution >= 0.6 is 0 Å². The molecule has 47 heavy (non-hydrogen) atoms. The van der Waals surface area contributed by atoms with Gasteiger partial charge in [-0.25, -0.2) is 4.68 Å². The average Bonchev–Trinajstić information content (AvgIpc) is 3.41. The second kappa shape index (κ2) is 11.4. The first-order chi connectivity index (χ1) is 21.9. The molecule has 6 rings (SSSR count). The maximum atomic E-state index is 13.2. The van der Waals surface area contributed by atoms with Crippen LogP contribution in [0.15, 0.2) is 17.8 Å². The number of hydrogen-bond donors (Lipinski definition) is 1. The van der Waals surface area contributed by atoms with E-state index >= 15 is 0 Å². The Morgan fingerprint density at radius 3 is 2.38 bits per heavy atom. The molecule has 1 aromatic rings. The van der Waals surface area contributed by atoms with Gasteiger partial charge in [-0.3, -0.25) is 14.4 Å². The number of ether oxygens (including phenoxy) is 2. The minimum absolute atomic E-state index is 0.0258. The van der Waals surface area contributed by atoms with Gasteiger partial charge in [0.15, 0.2) is 0 Å². The number of carboxylic acid groups (broad SMARTS) is 1. The Balaban J connectivity index is 1.22. The minimum atomic E-state index is -0.642. The highest BCUT2D eigenvalue weighted by molar-refractivity contribution is 5.69. The van der Waals surface area contributed by atoms with Gasteiger partial charge in [0.1, 0.15) is 24.9 Å². The summed E-state index contributed by atoms with van der Waals surface area (Å²) in [7, 11) is 0. The van der Waals surface area contributed by atoms with Gasteiger partial charge in [0.05, 0.1) is 12.6 Å². The van der Waals surface area contributed by atoms with Crippen LogP contribution < -0.4 is 0 Å². The van der Waals surface area contributed by atoms with Crippen LogP contribution in [-0.4, -0.2) is 44.1 Å². The van der Waals surface area contributed by atoms with Crippen LogP contribution in [0, 0.1) is 50.2 Å². The van der Waals surface area contributed by atoms with Gasteiger partial charge in [0.25, 0.3) is 0 Å². The van der Waals surface area contributed by atoms with Crippen LogP contribution in [0.1, 0.15) is 132 Å². The number of carboxylic acids is 1. The van der Waals surface area contributed by atoms with Crippen LogP contribution in [-0.2, 0) is 37.0 Å². The van der Waals surface area contributed by atoms with Crippen molar-refractivity contribution in [3.8, 4) is 0 Å². The fraction of sp³-hybridized carbons (Fsp3) is 0.816. The van der Waals surface area contributed by atoms with E-state index in [-0.39, 0.29) is 57.7 Å². The summed E-state index contributed by atoms with van der Waals surface area (Å²) in [5, 5.41) is 18.1. The third-order valence-electron chi connectivity index (χ3n) is 14.8. The zero-order valence-electron chi connectivity index (χ0n) is 30.0. The third-order valence-corrected chi connectivity index (χ3v) is 14.8. The van der Waals surface area contributed by atoms with Gasteiger partial charge in [-0.05, 0) is 109 Å². The molecule has 0 saturated heterocycles.